The zero-order chi connectivity index (χ0) is 9.97. The number of nitrogens with one attached hydrogen (secondary N) is 1. The number of hydrogen-bond donors (Lipinski definition) is 1. The molecule has 3 heteroatoms. The van der Waals surface area contributed by atoms with E-state index in [1.54, 1.807) is 7.11 Å². The van der Waals surface area contributed by atoms with Gasteiger partial charge in [0.25, 0.3) is 0 Å². The number of rotatable bonds is 2. The molecule has 1 heterocycles. The van der Waals surface area contributed by atoms with E-state index in [1.165, 1.54) is 0 Å². The minimum Gasteiger partial charge on any atom is -0.497 e. The normalized spacial score (nSPS) is 10.1. The zero-order valence-corrected chi connectivity index (χ0v) is 8.51. The van der Waals surface area contributed by atoms with E-state index in [0.717, 1.165) is 22.0 Å². The van der Waals surface area contributed by atoms with Crippen LogP contribution in [-0.4, -0.2) is 12.1 Å². The smallest absolute Gasteiger partial charge is 0.118 e. The molecule has 1 N–H and O–H groups in total. The molecule has 0 bridgehead atoms. The SMILES string of the molecule is COc1ccc(-c2[nH]ccc2Cl)cc1. The zero-order valence-electron chi connectivity index (χ0n) is 7.75. The summed E-state index contributed by atoms with van der Waals surface area (Å²) in [5.74, 6) is 0.844. The molecule has 0 atom stereocenters. The molecule has 0 saturated carbocycles. The van der Waals surface area contributed by atoms with E-state index in [9.17, 15) is 0 Å². The summed E-state index contributed by atoms with van der Waals surface area (Å²) in [6, 6.07) is 9.59. The molecule has 0 spiro atoms. The van der Waals surface area contributed by atoms with E-state index in [1.807, 2.05) is 36.5 Å². The molecule has 2 rings (SSSR count). The van der Waals surface area contributed by atoms with Crippen LogP contribution in [0, 0.1) is 0 Å². The molecule has 0 aliphatic heterocycles. The Bertz CT molecular complexity index is 419. The van der Waals surface area contributed by atoms with Gasteiger partial charge in [0.05, 0.1) is 17.8 Å². The van der Waals surface area contributed by atoms with Crippen LogP contribution in [0.3, 0.4) is 0 Å². The number of aromatic nitrogens is 1. The molecule has 2 aromatic rings. The number of ether oxygens (including phenoxy) is 1. The molecule has 72 valence electrons. The predicted octanol–water partition coefficient (Wildman–Crippen LogP) is 3.34. The van der Waals surface area contributed by atoms with E-state index >= 15 is 0 Å². The van der Waals surface area contributed by atoms with Crippen LogP contribution in [0.2, 0.25) is 5.02 Å². The van der Waals surface area contributed by atoms with Gasteiger partial charge in [0.2, 0.25) is 0 Å². The van der Waals surface area contributed by atoms with Crippen molar-refractivity contribution in [1.82, 2.24) is 4.98 Å². The number of H-pyrrole nitrogens is 1. The van der Waals surface area contributed by atoms with Gasteiger partial charge in [0.15, 0.2) is 0 Å². The Hall–Kier alpha value is -1.41. The Morgan fingerprint density at radius 1 is 1.14 bits per heavy atom. The molecule has 0 fully saturated rings. The average Bonchev–Trinajstić information content (AvgIpc) is 2.65. The van der Waals surface area contributed by atoms with Crippen molar-refractivity contribution >= 4 is 11.6 Å². The van der Waals surface area contributed by atoms with Crippen LogP contribution in [-0.2, 0) is 0 Å². The lowest BCUT2D eigenvalue weighted by atomic mass is 10.1. The van der Waals surface area contributed by atoms with Gasteiger partial charge in [-0.15, -0.1) is 0 Å². The van der Waals surface area contributed by atoms with Crippen LogP contribution >= 0.6 is 11.6 Å². The highest BCUT2D eigenvalue weighted by Gasteiger charge is 2.03. The Morgan fingerprint density at radius 2 is 1.86 bits per heavy atom. The van der Waals surface area contributed by atoms with Crippen LogP contribution in [0.5, 0.6) is 5.75 Å². The minimum absolute atomic E-state index is 0.732. The van der Waals surface area contributed by atoms with Crippen LogP contribution in [0.25, 0.3) is 11.3 Å². The van der Waals surface area contributed by atoms with Crippen molar-refractivity contribution in [2.45, 2.75) is 0 Å². The fourth-order valence-electron chi connectivity index (χ4n) is 1.33. The van der Waals surface area contributed by atoms with Crippen LogP contribution in [0.4, 0.5) is 0 Å². The average molecular weight is 208 g/mol. The molecule has 1 aromatic heterocycles. The number of methoxy groups -OCH3 is 1. The van der Waals surface area contributed by atoms with Crippen molar-refractivity contribution < 1.29 is 4.74 Å². The lowest BCUT2D eigenvalue weighted by molar-refractivity contribution is 0.415. The van der Waals surface area contributed by atoms with Crippen molar-refractivity contribution in [3.63, 3.8) is 0 Å². The van der Waals surface area contributed by atoms with E-state index < -0.39 is 0 Å². The minimum atomic E-state index is 0.732. The number of hydrogen-bond acceptors (Lipinski definition) is 1. The first kappa shape index (κ1) is 9.16. The fourth-order valence-corrected chi connectivity index (χ4v) is 1.56. The van der Waals surface area contributed by atoms with Crippen molar-refractivity contribution in [3.05, 3.63) is 41.6 Å². The summed E-state index contributed by atoms with van der Waals surface area (Å²) in [6.07, 6.45) is 1.82. The van der Waals surface area contributed by atoms with Crippen LogP contribution in [0.1, 0.15) is 0 Å². The molecule has 2 nitrogen and oxygen atoms in total. The summed E-state index contributed by atoms with van der Waals surface area (Å²) >= 11 is 5.99. The monoisotopic (exact) mass is 207 g/mol. The van der Waals surface area contributed by atoms with Gasteiger partial charge in [-0.2, -0.15) is 0 Å². The van der Waals surface area contributed by atoms with Gasteiger partial charge in [0.1, 0.15) is 5.75 Å². The Labute approximate surface area is 87.5 Å². The third kappa shape index (κ3) is 1.61. The summed E-state index contributed by atoms with van der Waals surface area (Å²) < 4.78 is 5.07. The van der Waals surface area contributed by atoms with Crippen molar-refractivity contribution in [2.24, 2.45) is 0 Å². The number of halogens is 1. The summed E-state index contributed by atoms with van der Waals surface area (Å²) in [6.45, 7) is 0. The van der Waals surface area contributed by atoms with Crippen molar-refractivity contribution in [2.75, 3.05) is 7.11 Å². The van der Waals surface area contributed by atoms with Crippen LogP contribution < -0.4 is 4.74 Å². The molecule has 0 saturated heterocycles. The third-order valence-electron chi connectivity index (χ3n) is 2.07. The maximum Gasteiger partial charge on any atom is 0.118 e. The molecule has 0 aliphatic carbocycles. The molecule has 0 amide bonds. The van der Waals surface area contributed by atoms with Gasteiger partial charge in [-0.05, 0) is 35.9 Å². The van der Waals surface area contributed by atoms with Gasteiger partial charge in [-0.3, -0.25) is 0 Å². The fraction of sp³-hybridized carbons (Fsp3) is 0.0909. The summed E-state index contributed by atoms with van der Waals surface area (Å²) in [5, 5.41) is 0.732. The van der Waals surface area contributed by atoms with Crippen LogP contribution in [0.15, 0.2) is 36.5 Å². The largest absolute Gasteiger partial charge is 0.497 e. The van der Waals surface area contributed by atoms with Crippen molar-refractivity contribution in [3.8, 4) is 17.0 Å². The standard InChI is InChI=1S/C11H10ClNO/c1-14-9-4-2-8(3-5-9)11-10(12)6-7-13-11/h2-7,13H,1H3. The summed E-state index contributed by atoms with van der Waals surface area (Å²) in [4.78, 5) is 3.09. The second-order valence-corrected chi connectivity index (χ2v) is 3.34. The molecule has 0 radical (unpaired) electrons. The summed E-state index contributed by atoms with van der Waals surface area (Å²) in [5.41, 5.74) is 2.00. The summed E-state index contributed by atoms with van der Waals surface area (Å²) in [7, 11) is 1.65. The third-order valence-corrected chi connectivity index (χ3v) is 2.39. The topological polar surface area (TPSA) is 25.0 Å². The first-order valence-electron chi connectivity index (χ1n) is 4.28. The van der Waals surface area contributed by atoms with E-state index in [4.69, 9.17) is 16.3 Å². The quantitative estimate of drug-likeness (QED) is 0.803. The predicted molar refractivity (Wildman–Crippen MR) is 57.8 cm³/mol. The van der Waals surface area contributed by atoms with Gasteiger partial charge in [0, 0.05) is 6.20 Å². The van der Waals surface area contributed by atoms with Gasteiger partial charge >= 0.3 is 0 Å². The highest BCUT2D eigenvalue weighted by atomic mass is 35.5. The van der Waals surface area contributed by atoms with Gasteiger partial charge in [-0.1, -0.05) is 11.6 Å². The molecular weight excluding hydrogens is 198 g/mol. The number of benzene rings is 1. The Kier molecular flexibility index (Phi) is 2.46. The van der Waals surface area contributed by atoms with E-state index in [2.05, 4.69) is 4.98 Å². The first-order valence-corrected chi connectivity index (χ1v) is 4.66. The molecule has 14 heavy (non-hydrogen) atoms. The molecule has 0 unspecified atom stereocenters. The van der Waals surface area contributed by atoms with Crippen molar-refractivity contribution in [1.29, 1.82) is 0 Å². The molecule has 1 aromatic carbocycles. The maximum absolute atomic E-state index is 5.99. The molecule has 0 aliphatic rings. The Balaban J connectivity index is 2.39. The second kappa shape index (κ2) is 3.76. The molecular formula is C11H10ClNO. The van der Waals surface area contributed by atoms with Gasteiger partial charge < -0.3 is 9.72 Å². The van der Waals surface area contributed by atoms with E-state index in [-0.39, 0.29) is 0 Å². The lowest BCUT2D eigenvalue weighted by Gasteiger charge is -2.02. The Morgan fingerprint density at radius 3 is 2.36 bits per heavy atom. The highest BCUT2D eigenvalue weighted by molar-refractivity contribution is 6.33. The highest BCUT2D eigenvalue weighted by Crippen LogP contribution is 2.27. The first-order chi connectivity index (χ1) is 6.81. The lowest BCUT2D eigenvalue weighted by Crippen LogP contribution is -1.82. The second-order valence-electron chi connectivity index (χ2n) is 2.93. The number of aromatic amines is 1. The van der Waals surface area contributed by atoms with Gasteiger partial charge in [-0.25, -0.2) is 0 Å². The van der Waals surface area contributed by atoms with E-state index in [0.29, 0.717) is 0 Å². The maximum atomic E-state index is 5.99.